The van der Waals surface area contributed by atoms with Crippen molar-refractivity contribution in [3.8, 4) is 0 Å². The molecule has 0 unspecified atom stereocenters. The molecule has 0 heterocycles. The van der Waals surface area contributed by atoms with Crippen molar-refractivity contribution in [1.29, 1.82) is 0 Å². The van der Waals surface area contributed by atoms with E-state index in [1.54, 1.807) is 12.1 Å². The Bertz CT molecular complexity index is 307. The highest BCUT2D eigenvalue weighted by molar-refractivity contribution is 5.89. The van der Waals surface area contributed by atoms with Gasteiger partial charge in [0.2, 0.25) is 0 Å². The van der Waals surface area contributed by atoms with Gasteiger partial charge in [0.1, 0.15) is 0 Å². The molecule has 0 fully saturated rings. The minimum absolute atomic E-state index is 0.239. The molecule has 12 heavy (non-hydrogen) atoms. The quantitative estimate of drug-likeness (QED) is 0.653. The predicted octanol–water partition coefficient (Wildman–Crippen LogP) is 1.77. The van der Waals surface area contributed by atoms with E-state index in [0.29, 0.717) is 5.69 Å². The molecule has 0 aromatic heterocycles. The van der Waals surface area contributed by atoms with E-state index in [2.05, 4.69) is 5.32 Å². The van der Waals surface area contributed by atoms with Gasteiger partial charge in [-0.05, 0) is 30.7 Å². The van der Waals surface area contributed by atoms with Crippen LogP contribution in [0.5, 0.6) is 0 Å². The number of hydrogen-bond donors (Lipinski definition) is 2. The van der Waals surface area contributed by atoms with Gasteiger partial charge >= 0.3 is 5.97 Å². The van der Waals surface area contributed by atoms with Gasteiger partial charge in [-0.2, -0.15) is 0 Å². The van der Waals surface area contributed by atoms with Crippen molar-refractivity contribution in [2.45, 2.75) is 6.92 Å². The smallest absolute Gasteiger partial charge is 0.335 e. The lowest BCUT2D eigenvalue weighted by molar-refractivity contribution is 0.0697. The maximum absolute atomic E-state index is 10.6. The molecule has 62 valence electrons. The highest BCUT2D eigenvalue weighted by atomic mass is 16.4. The standard InChI is InChI=1S/C9H9NO2/c1-6-3-7(9(11)12)5-8(4-6)10-2/h2-5,10H,1H3,(H,11,12). The second-order valence-corrected chi connectivity index (χ2v) is 2.54. The van der Waals surface area contributed by atoms with E-state index in [1.807, 2.05) is 6.92 Å². The molecule has 2 N–H and O–H groups in total. The minimum Gasteiger partial charge on any atom is -0.478 e. The van der Waals surface area contributed by atoms with Crippen LogP contribution in [0.1, 0.15) is 15.9 Å². The molecule has 3 heteroatoms. The van der Waals surface area contributed by atoms with Crippen LogP contribution in [0.4, 0.5) is 5.69 Å². The molecule has 3 nitrogen and oxygen atoms in total. The van der Waals surface area contributed by atoms with Gasteiger partial charge in [0.05, 0.1) is 12.6 Å². The van der Waals surface area contributed by atoms with E-state index in [9.17, 15) is 4.79 Å². The molecule has 0 spiro atoms. The summed E-state index contributed by atoms with van der Waals surface area (Å²) in [6.07, 6.45) is 0. The SMILES string of the molecule is [CH]Nc1cc(C)cc(C(=O)O)c1. The van der Waals surface area contributed by atoms with Crippen LogP contribution in [0.15, 0.2) is 18.2 Å². The highest BCUT2D eigenvalue weighted by Gasteiger charge is 2.03. The molecule has 0 aliphatic carbocycles. The van der Waals surface area contributed by atoms with Crippen LogP contribution in [-0.2, 0) is 0 Å². The topological polar surface area (TPSA) is 49.3 Å². The van der Waals surface area contributed by atoms with Gasteiger partial charge < -0.3 is 10.4 Å². The first-order valence-electron chi connectivity index (χ1n) is 3.45. The van der Waals surface area contributed by atoms with Crippen LogP contribution < -0.4 is 5.32 Å². The van der Waals surface area contributed by atoms with E-state index in [0.717, 1.165) is 5.56 Å². The van der Waals surface area contributed by atoms with Gasteiger partial charge in [0.25, 0.3) is 0 Å². The Balaban J connectivity index is 3.15. The lowest BCUT2D eigenvalue weighted by atomic mass is 10.1. The van der Waals surface area contributed by atoms with Crippen molar-refractivity contribution in [2.75, 3.05) is 5.32 Å². The lowest BCUT2D eigenvalue weighted by Crippen LogP contribution is -1.98. The molecule has 0 saturated heterocycles. The third-order valence-corrected chi connectivity index (χ3v) is 1.49. The van der Waals surface area contributed by atoms with Crippen molar-refractivity contribution in [2.24, 2.45) is 0 Å². The first-order valence-corrected chi connectivity index (χ1v) is 3.45. The first-order chi connectivity index (χ1) is 5.63. The normalized spacial score (nSPS) is 9.50. The lowest BCUT2D eigenvalue weighted by Gasteiger charge is -2.02. The van der Waals surface area contributed by atoms with Crippen LogP contribution in [0.2, 0.25) is 0 Å². The summed E-state index contributed by atoms with van der Waals surface area (Å²) in [7, 11) is 5.14. The number of aryl methyl sites for hydroxylation is 1. The summed E-state index contributed by atoms with van der Waals surface area (Å²) in [6.45, 7) is 1.81. The van der Waals surface area contributed by atoms with E-state index in [4.69, 9.17) is 12.2 Å². The Morgan fingerprint density at radius 1 is 1.50 bits per heavy atom. The van der Waals surface area contributed by atoms with Gasteiger partial charge in [0.15, 0.2) is 0 Å². The summed E-state index contributed by atoms with van der Waals surface area (Å²) in [6, 6.07) is 4.84. The number of carboxylic acid groups (broad SMARTS) is 1. The Morgan fingerprint density at radius 3 is 2.67 bits per heavy atom. The van der Waals surface area contributed by atoms with Crippen LogP contribution in [0.3, 0.4) is 0 Å². The Morgan fingerprint density at radius 2 is 2.17 bits per heavy atom. The molecule has 1 aromatic carbocycles. The third-order valence-electron chi connectivity index (χ3n) is 1.49. The molecule has 0 aliphatic heterocycles. The fraction of sp³-hybridized carbons (Fsp3) is 0.111. The molecule has 0 amide bonds. The molecular formula is C9H9NO2. The number of hydrogen-bond acceptors (Lipinski definition) is 2. The molecule has 0 saturated carbocycles. The zero-order valence-corrected chi connectivity index (χ0v) is 6.66. The fourth-order valence-corrected chi connectivity index (χ4v) is 0.990. The largest absolute Gasteiger partial charge is 0.478 e. The van der Waals surface area contributed by atoms with E-state index < -0.39 is 5.97 Å². The van der Waals surface area contributed by atoms with E-state index in [1.165, 1.54) is 6.07 Å². The molecule has 1 rings (SSSR count). The summed E-state index contributed by atoms with van der Waals surface area (Å²) in [5.74, 6) is -0.949. The van der Waals surface area contributed by atoms with Crippen molar-refractivity contribution in [3.63, 3.8) is 0 Å². The van der Waals surface area contributed by atoms with Gasteiger partial charge in [-0.1, -0.05) is 0 Å². The number of carboxylic acids is 1. The summed E-state index contributed by atoms with van der Waals surface area (Å²) in [5, 5.41) is 11.1. The second kappa shape index (κ2) is 3.26. The van der Waals surface area contributed by atoms with Crippen LogP contribution in [0.25, 0.3) is 0 Å². The highest BCUT2D eigenvalue weighted by Crippen LogP contribution is 2.13. The molecular weight excluding hydrogens is 154 g/mol. The number of nitrogens with one attached hydrogen (secondary N) is 1. The fourth-order valence-electron chi connectivity index (χ4n) is 0.990. The maximum atomic E-state index is 10.6. The zero-order chi connectivity index (χ0) is 9.14. The number of aromatic carboxylic acids is 1. The minimum atomic E-state index is -0.949. The maximum Gasteiger partial charge on any atom is 0.335 e. The third kappa shape index (κ3) is 1.75. The molecule has 0 bridgehead atoms. The van der Waals surface area contributed by atoms with Crippen LogP contribution in [0, 0.1) is 14.0 Å². The van der Waals surface area contributed by atoms with Crippen molar-refractivity contribution >= 4 is 11.7 Å². The van der Waals surface area contributed by atoms with Crippen LogP contribution >= 0.6 is 0 Å². The van der Waals surface area contributed by atoms with Gasteiger partial charge in [0, 0.05) is 5.69 Å². The first kappa shape index (κ1) is 8.59. The molecule has 1 aromatic rings. The van der Waals surface area contributed by atoms with Crippen LogP contribution in [-0.4, -0.2) is 11.1 Å². The Kier molecular flexibility index (Phi) is 2.33. The monoisotopic (exact) mass is 163 g/mol. The zero-order valence-electron chi connectivity index (χ0n) is 6.66. The van der Waals surface area contributed by atoms with Gasteiger partial charge in [-0.15, -0.1) is 0 Å². The summed E-state index contributed by atoms with van der Waals surface area (Å²) < 4.78 is 0. The van der Waals surface area contributed by atoms with Gasteiger partial charge in [-0.3, -0.25) is 0 Å². The second-order valence-electron chi connectivity index (χ2n) is 2.54. The average molecular weight is 163 g/mol. The van der Waals surface area contributed by atoms with E-state index >= 15 is 0 Å². The van der Waals surface area contributed by atoms with Crippen molar-refractivity contribution in [1.82, 2.24) is 0 Å². The number of benzene rings is 1. The van der Waals surface area contributed by atoms with Crippen molar-refractivity contribution in [3.05, 3.63) is 36.4 Å². The number of carbonyl (C=O) groups is 1. The van der Waals surface area contributed by atoms with Crippen molar-refractivity contribution < 1.29 is 9.90 Å². The number of rotatable bonds is 2. The average Bonchev–Trinajstić information content (AvgIpc) is 2.03. The summed E-state index contributed by atoms with van der Waals surface area (Å²) in [5.41, 5.74) is 1.71. The Hall–Kier alpha value is -1.51. The molecule has 0 aliphatic rings. The number of anilines is 1. The summed E-state index contributed by atoms with van der Waals surface area (Å²) in [4.78, 5) is 10.6. The molecule has 0 atom stereocenters. The van der Waals surface area contributed by atoms with E-state index in [-0.39, 0.29) is 5.56 Å². The molecule has 2 radical (unpaired) electrons. The Labute approximate surface area is 71.0 Å². The predicted molar refractivity (Wildman–Crippen MR) is 46.1 cm³/mol. The van der Waals surface area contributed by atoms with Gasteiger partial charge in [-0.25, -0.2) is 4.79 Å². The summed E-state index contributed by atoms with van der Waals surface area (Å²) >= 11 is 0.